The second-order valence-corrected chi connectivity index (χ2v) is 6.92. The van der Waals surface area contributed by atoms with Crippen LogP contribution < -0.4 is 0 Å². The fraction of sp³-hybridized carbons (Fsp3) is 0.333. The number of halogens is 1. The minimum absolute atomic E-state index is 0.0214. The van der Waals surface area contributed by atoms with Gasteiger partial charge in [-0.15, -0.1) is 0 Å². The Balaban J connectivity index is 1.69. The molecular weight excluding hydrogens is 338 g/mol. The summed E-state index contributed by atoms with van der Waals surface area (Å²) in [5.74, 6) is 0.703. The smallest absolute Gasteiger partial charge is 0.255 e. The van der Waals surface area contributed by atoms with Gasteiger partial charge in [0, 0.05) is 30.9 Å². The van der Waals surface area contributed by atoms with Gasteiger partial charge in [-0.1, -0.05) is 18.5 Å². The lowest BCUT2D eigenvalue weighted by atomic mass is 9.99. The van der Waals surface area contributed by atoms with Gasteiger partial charge in [0.15, 0.2) is 0 Å². The number of piperidine rings is 1. The normalized spacial score (nSPS) is 15.7. The van der Waals surface area contributed by atoms with Crippen LogP contribution in [0.4, 0.5) is 0 Å². The number of amides is 1. The molecule has 0 unspecified atom stereocenters. The van der Waals surface area contributed by atoms with E-state index >= 15 is 0 Å². The third-order valence-electron chi connectivity index (χ3n) is 4.74. The molecule has 0 aliphatic carbocycles. The second kappa shape index (κ2) is 6.44. The Hall–Kier alpha value is -2.47. The molecule has 7 heteroatoms. The van der Waals surface area contributed by atoms with Crippen molar-refractivity contribution >= 4 is 28.5 Å². The van der Waals surface area contributed by atoms with Gasteiger partial charge in [0.05, 0.1) is 28.7 Å². The highest BCUT2D eigenvalue weighted by molar-refractivity contribution is 6.35. The lowest BCUT2D eigenvalue weighted by molar-refractivity contribution is 0.0697. The first-order valence-electron chi connectivity index (χ1n) is 8.35. The van der Waals surface area contributed by atoms with E-state index in [0.717, 1.165) is 37.0 Å². The molecule has 128 valence electrons. The fourth-order valence-electron chi connectivity index (χ4n) is 3.19. The van der Waals surface area contributed by atoms with Crippen LogP contribution in [-0.2, 0) is 0 Å². The highest BCUT2D eigenvalue weighted by Gasteiger charge is 2.22. The zero-order valence-corrected chi connectivity index (χ0v) is 14.6. The van der Waals surface area contributed by atoms with Gasteiger partial charge in [0.25, 0.3) is 5.91 Å². The van der Waals surface area contributed by atoms with E-state index in [1.165, 1.54) is 6.33 Å². The lowest BCUT2D eigenvalue weighted by Gasteiger charge is -2.30. The van der Waals surface area contributed by atoms with E-state index in [0.29, 0.717) is 22.2 Å². The number of likely N-dealkylation sites (tertiary alicyclic amines) is 1. The van der Waals surface area contributed by atoms with Crippen molar-refractivity contribution in [3.63, 3.8) is 0 Å². The third-order valence-corrected chi connectivity index (χ3v) is 5.04. The molecule has 0 aromatic carbocycles. The number of hydrogen-bond donors (Lipinski definition) is 0. The molecule has 1 aliphatic heterocycles. The maximum absolute atomic E-state index is 12.8. The summed E-state index contributed by atoms with van der Waals surface area (Å²) in [6.45, 7) is 3.83. The number of aromatic nitrogens is 4. The molecule has 25 heavy (non-hydrogen) atoms. The van der Waals surface area contributed by atoms with Gasteiger partial charge < -0.3 is 4.90 Å². The fourth-order valence-corrected chi connectivity index (χ4v) is 3.43. The molecule has 0 bridgehead atoms. The molecule has 0 N–H and O–H groups in total. The molecule has 4 heterocycles. The zero-order valence-electron chi connectivity index (χ0n) is 13.9. The molecule has 0 spiro atoms. The Morgan fingerprint density at radius 2 is 1.92 bits per heavy atom. The van der Waals surface area contributed by atoms with E-state index in [1.54, 1.807) is 24.8 Å². The van der Waals surface area contributed by atoms with Crippen LogP contribution in [0.5, 0.6) is 0 Å². The first-order chi connectivity index (χ1) is 12.1. The molecule has 1 aliphatic rings. The Kier molecular flexibility index (Phi) is 4.13. The van der Waals surface area contributed by atoms with Crippen LogP contribution in [0.1, 0.15) is 30.1 Å². The standard InChI is InChI=1S/C18H18ClN5O/c1-12-2-4-23(5-3-12)18(25)13-6-15-16(19)10-24(17(15)22-7-13)14-8-20-11-21-9-14/h6-12H,2-5H2,1H3. The SMILES string of the molecule is CC1CCN(C(=O)c2cnc3c(c2)c(Cl)cn3-c2cncnc2)CC1. The summed E-state index contributed by atoms with van der Waals surface area (Å²) >= 11 is 6.38. The average molecular weight is 356 g/mol. The van der Waals surface area contributed by atoms with Crippen LogP contribution in [0.15, 0.2) is 37.2 Å². The summed E-state index contributed by atoms with van der Waals surface area (Å²) in [7, 11) is 0. The van der Waals surface area contributed by atoms with Crippen molar-refractivity contribution in [3.8, 4) is 5.69 Å². The van der Waals surface area contributed by atoms with Gasteiger partial charge in [-0.3, -0.25) is 9.36 Å². The first-order valence-corrected chi connectivity index (χ1v) is 8.72. The van der Waals surface area contributed by atoms with Gasteiger partial charge >= 0.3 is 0 Å². The van der Waals surface area contributed by atoms with Crippen LogP contribution in [-0.4, -0.2) is 43.4 Å². The molecule has 6 nitrogen and oxygen atoms in total. The van der Waals surface area contributed by atoms with E-state index in [4.69, 9.17) is 11.6 Å². The third kappa shape index (κ3) is 2.98. The Labute approximate surface area is 150 Å². The number of hydrogen-bond acceptors (Lipinski definition) is 4. The van der Waals surface area contributed by atoms with Crippen molar-refractivity contribution < 1.29 is 4.79 Å². The quantitative estimate of drug-likeness (QED) is 0.707. The molecule has 4 rings (SSSR count). The second-order valence-electron chi connectivity index (χ2n) is 6.51. The molecule has 1 amide bonds. The number of fused-ring (bicyclic) bond motifs is 1. The van der Waals surface area contributed by atoms with E-state index in [2.05, 4.69) is 21.9 Å². The van der Waals surface area contributed by atoms with Gasteiger partial charge in [-0.2, -0.15) is 0 Å². The maximum atomic E-state index is 12.8. The highest BCUT2D eigenvalue weighted by Crippen LogP contribution is 2.28. The molecule has 1 saturated heterocycles. The summed E-state index contributed by atoms with van der Waals surface area (Å²) < 4.78 is 1.83. The van der Waals surface area contributed by atoms with Gasteiger partial charge in [-0.25, -0.2) is 15.0 Å². The minimum atomic E-state index is 0.0214. The van der Waals surface area contributed by atoms with Crippen molar-refractivity contribution in [2.75, 3.05) is 13.1 Å². The summed E-state index contributed by atoms with van der Waals surface area (Å²) in [5, 5.41) is 1.30. The molecular formula is C18H18ClN5O. The molecule has 3 aromatic rings. The monoisotopic (exact) mass is 355 g/mol. The van der Waals surface area contributed by atoms with Crippen molar-refractivity contribution in [2.45, 2.75) is 19.8 Å². The highest BCUT2D eigenvalue weighted by atomic mass is 35.5. The number of carbonyl (C=O) groups is 1. The molecule has 3 aromatic heterocycles. The van der Waals surface area contributed by atoms with Gasteiger partial charge in [0.2, 0.25) is 0 Å². The van der Waals surface area contributed by atoms with Crippen molar-refractivity contribution in [1.29, 1.82) is 0 Å². The molecule has 0 radical (unpaired) electrons. The van der Waals surface area contributed by atoms with Crippen molar-refractivity contribution in [2.24, 2.45) is 5.92 Å². The van der Waals surface area contributed by atoms with Crippen LogP contribution in [0.2, 0.25) is 5.02 Å². The van der Waals surface area contributed by atoms with Gasteiger partial charge in [-0.05, 0) is 24.8 Å². The average Bonchev–Trinajstić information content (AvgIpc) is 2.99. The summed E-state index contributed by atoms with van der Waals surface area (Å²) in [4.78, 5) is 27.2. The largest absolute Gasteiger partial charge is 0.339 e. The number of rotatable bonds is 2. The first kappa shape index (κ1) is 16.0. The van der Waals surface area contributed by atoms with E-state index < -0.39 is 0 Å². The van der Waals surface area contributed by atoms with Crippen LogP contribution in [0, 0.1) is 5.92 Å². The Morgan fingerprint density at radius 1 is 1.20 bits per heavy atom. The Bertz CT molecular complexity index is 916. The summed E-state index contributed by atoms with van der Waals surface area (Å²) in [5.41, 5.74) is 2.03. The predicted octanol–water partition coefficient (Wildman–Crippen LogP) is 3.34. The Morgan fingerprint density at radius 3 is 2.64 bits per heavy atom. The minimum Gasteiger partial charge on any atom is -0.339 e. The predicted molar refractivity (Wildman–Crippen MR) is 96.0 cm³/mol. The molecule has 1 fully saturated rings. The van der Waals surface area contributed by atoms with Crippen LogP contribution in [0.3, 0.4) is 0 Å². The van der Waals surface area contributed by atoms with E-state index in [1.807, 2.05) is 15.5 Å². The van der Waals surface area contributed by atoms with Crippen molar-refractivity contribution in [1.82, 2.24) is 24.4 Å². The van der Waals surface area contributed by atoms with Crippen LogP contribution in [0.25, 0.3) is 16.7 Å². The number of carbonyl (C=O) groups excluding carboxylic acids is 1. The number of nitrogens with zero attached hydrogens (tertiary/aromatic N) is 5. The van der Waals surface area contributed by atoms with Gasteiger partial charge in [0.1, 0.15) is 12.0 Å². The van der Waals surface area contributed by atoms with E-state index in [-0.39, 0.29) is 5.91 Å². The summed E-state index contributed by atoms with van der Waals surface area (Å²) in [6, 6.07) is 1.82. The summed E-state index contributed by atoms with van der Waals surface area (Å²) in [6.07, 6.45) is 10.4. The lowest BCUT2D eigenvalue weighted by Crippen LogP contribution is -2.37. The molecule has 0 atom stereocenters. The van der Waals surface area contributed by atoms with E-state index in [9.17, 15) is 4.79 Å². The maximum Gasteiger partial charge on any atom is 0.255 e. The number of pyridine rings is 1. The topological polar surface area (TPSA) is 63.9 Å². The van der Waals surface area contributed by atoms with Crippen molar-refractivity contribution in [3.05, 3.63) is 47.8 Å². The molecule has 0 saturated carbocycles. The van der Waals surface area contributed by atoms with Crippen LogP contribution >= 0.6 is 11.6 Å². The zero-order chi connectivity index (χ0) is 17.4.